The summed E-state index contributed by atoms with van der Waals surface area (Å²) in [7, 11) is -3.16. The van der Waals surface area contributed by atoms with E-state index in [1.54, 1.807) is 5.01 Å². The molecule has 0 spiro atoms. The molecule has 0 aromatic carbocycles. The van der Waals surface area contributed by atoms with Gasteiger partial charge in [0.25, 0.3) is 0 Å². The van der Waals surface area contributed by atoms with Crippen LogP contribution in [0.5, 0.6) is 0 Å². The Balaban J connectivity index is 1.18. The molecule has 6 nitrogen and oxygen atoms in total. The molecule has 1 atom stereocenters. The molecule has 8 bridgehead atoms. The van der Waals surface area contributed by atoms with Gasteiger partial charge in [0.05, 0.1) is 28.4 Å². The molecule has 1 aliphatic heterocycles. The third-order valence-corrected chi connectivity index (χ3v) is 12.8. The number of hydrogen-bond acceptors (Lipinski definition) is 4. The average molecular weight is 475 g/mol. The van der Waals surface area contributed by atoms with Crippen molar-refractivity contribution in [2.24, 2.45) is 46.3 Å². The highest BCUT2D eigenvalue weighted by molar-refractivity contribution is 7.91. The second kappa shape index (κ2) is 6.98. The highest BCUT2D eigenvalue weighted by Gasteiger charge is 2.59. The van der Waals surface area contributed by atoms with Gasteiger partial charge in [0.2, 0.25) is 11.8 Å². The minimum absolute atomic E-state index is 0.00768. The quantitative estimate of drug-likeness (QED) is 0.635. The number of hydrogen-bond donors (Lipinski definition) is 1. The van der Waals surface area contributed by atoms with Crippen LogP contribution in [0.4, 0.5) is 0 Å². The molecular formula is C26H38N2O4S. The van der Waals surface area contributed by atoms with E-state index in [2.05, 4.69) is 5.43 Å². The maximum Gasteiger partial charge on any atom is 0.247 e. The van der Waals surface area contributed by atoms with Gasteiger partial charge in [0.15, 0.2) is 9.84 Å². The Bertz CT molecular complexity index is 918. The fourth-order valence-electron chi connectivity index (χ4n) is 10.5. The van der Waals surface area contributed by atoms with Crippen LogP contribution in [0.3, 0.4) is 0 Å². The first kappa shape index (κ1) is 21.2. The first-order valence-electron chi connectivity index (χ1n) is 13.6. The van der Waals surface area contributed by atoms with Crippen molar-refractivity contribution >= 4 is 21.7 Å². The zero-order valence-electron chi connectivity index (χ0n) is 19.6. The molecule has 0 radical (unpaired) electrons. The van der Waals surface area contributed by atoms with Gasteiger partial charge < -0.3 is 0 Å². The van der Waals surface area contributed by atoms with Crippen LogP contribution in [0.2, 0.25) is 0 Å². The van der Waals surface area contributed by atoms with E-state index in [1.165, 1.54) is 38.5 Å². The number of sulfone groups is 1. The number of nitrogens with one attached hydrogen (secondary N) is 1. The molecule has 1 heterocycles. The van der Waals surface area contributed by atoms with Crippen LogP contribution in [0.25, 0.3) is 0 Å². The standard InChI is InChI=1S/C26H38N2O4S/c29-23(25-9-16-3-17(10-25)5-18(4-16)11-25)27-28(22-1-2-33(31,32)15-22)24(30)26-12-19-6-20(13-26)8-21(7-19)14-26/h16-22H,1-15H2,(H,27,29)/t16?,17?,18?,19?,20?,21?,22-,25?,26?/m1/s1. The van der Waals surface area contributed by atoms with Gasteiger partial charge in [-0.15, -0.1) is 0 Å². The van der Waals surface area contributed by atoms with Gasteiger partial charge in [0.1, 0.15) is 0 Å². The molecule has 0 unspecified atom stereocenters. The van der Waals surface area contributed by atoms with Crippen molar-refractivity contribution in [2.75, 3.05) is 11.5 Å². The van der Waals surface area contributed by atoms with Crippen LogP contribution in [-0.4, -0.2) is 42.8 Å². The third-order valence-electron chi connectivity index (χ3n) is 11.0. The lowest BCUT2D eigenvalue weighted by Gasteiger charge is -2.58. The van der Waals surface area contributed by atoms with Crippen LogP contribution < -0.4 is 5.43 Å². The number of hydrazine groups is 1. The summed E-state index contributed by atoms with van der Waals surface area (Å²) in [6.45, 7) is 0. The maximum atomic E-state index is 14.3. The van der Waals surface area contributed by atoms with Gasteiger partial charge >= 0.3 is 0 Å². The monoisotopic (exact) mass is 474 g/mol. The van der Waals surface area contributed by atoms with Crippen molar-refractivity contribution in [3.05, 3.63) is 0 Å². The minimum Gasteiger partial charge on any atom is -0.273 e. The summed E-state index contributed by atoms with van der Waals surface area (Å²) in [5.74, 6) is 4.03. The Morgan fingerprint density at radius 1 is 0.697 bits per heavy atom. The van der Waals surface area contributed by atoms with E-state index in [1.807, 2.05) is 0 Å². The summed E-state index contributed by atoms with van der Waals surface area (Å²) >= 11 is 0. The number of nitrogens with zero attached hydrogens (tertiary/aromatic N) is 1. The van der Waals surface area contributed by atoms with E-state index in [9.17, 15) is 18.0 Å². The first-order chi connectivity index (χ1) is 15.7. The van der Waals surface area contributed by atoms with Crippen molar-refractivity contribution in [1.29, 1.82) is 0 Å². The van der Waals surface area contributed by atoms with Crippen molar-refractivity contribution < 1.29 is 18.0 Å². The Kier molecular flexibility index (Phi) is 4.48. The third kappa shape index (κ3) is 3.34. The van der Waals surface area contributed by atoms with Gasteiger partial charge in [-0.25, -0.2) is 13.4 Å². The molecule has 9 aliphatic rings. The first-order valence-corrected chi connectivity index (χ1v) is 15.4. The number of carbonyl (C=O) groups is 2. The lowest BCUT2D eigenvalue weighted by Crippen LogP contribution is -2.64. The molecule has 33 heavy (non-hydrogen) atoms. The van der Waals surface area contributed by atoms with Crippen LogP contribution >= 0.6 is 0 Å². The van der Waals surface area contributed by atoms with Gasteiger partial charge in [-0.05, 0) is 119 Å². The van der Waals surface area contributed by atoms with Gasteiger partial charge in [-0.1, -0.05) is 0 Å². The number of amides is 2. The zero-order chi connectivity index (χ0) is 22.6. The van der Waals surface area contributed by atoms with Crippen LogP contribution in [-0.2, 0) is 19.4 Å². The molecule has 8 saturated carbocycles. The fourth-order valence-corrected chi connectivity index (χ4v) is 12.2. The second-order valence-corrected chi connectivity index (χ2v) is 15.8. The lowest BCUT2D eigenvalue weighted by atomic mass is 9.49. The minimum atomic E-state index is -3.16. The summed E-state index contributed by atoms with van der Waals surface area (Å²) in [4.78, 5) is 28.2. The van der Waals surface area contributed by atoms with E-state index in [4.69, 9.17) is 0 Å². The largest absolute Gasteiger partial charge is 0.273 e. The summed E-state index contributed by atoms with van der Waals surface area (Å²) in [6.07, 6.45) is 13.7. The topological polar surface area (TPSA) is 83.6 Å². The summed E-state index contributed by atoms with van der Waals surface area (Å²) < 4.78 is 24.7. The van der Waals surface area contributed by atoms with Crippen LogP contribution in [0, 0.1) is 46.3 Å². The molecule has 2 amide bonds. The summed E-state index contributed by atoms with van der Waals surface area (Å²) in [5.41, 5.74) is 2.44. The van der Waals surface area contributed by atoms with Gasteiger partial charge in [-0.3, -0.25) is 15.0 Å². The average Bonchev–Trinajstić information content (AvgIpc) is 3.09. The second-order valence-electron chi connectivity index (χ2n) is 13.6. The zero-order valence-corrected chi connectivity index (χ0v) is 20.5. The predicted octanol–water partition coefficient (Wildman–Crippen LogP) is 3.47. The van der Waals surface area contributed by atoms with E-state index in [-0.39, 0.29) is 34.2 Å². The molecule has 0 aromatic heterocycles. The lowest BCUT2D eigenvalue weighted by molar-refractivity contribution is -0.171. The van der Waals surface area contributed by atoms with E-state index in [0.29, 0.717) is 41.9 Å². The molecular weight excluding hydrogens is 436 g/mol. The molecule has 182 valence electrons. The number of rotatable bonds is 3. The normalized spacial score (nSPS) is 50.5. The van der Waals surface area contributed by atoms with E-state index in [0.717, 1.165) is 38.5 Å². The summed E-state index contributed by atoms with van der Waals surface area (Å²) in [6, 6.07) is -0.409. The fraction of sp³-hybridized carbons (Fsp3) is 0.923. The van der Waals surface area contributed by atoms with E-state index < -0.39 is 15.9 Å². The summed E-state index contributed by atoms with van der Waals surface area (Å²) in [5, 5.41) is 1.60. The van der Waals surface area contributed by atoms with Crippen LogP contribution in [0.1, 0.15) is 83.5 Å². The van der Waals surface area contributed by atoms with Gasteiger partial charge in [0, 0.05) is 0 Å². The van der Waals surface area contributed by atoms with Crippen molar-refractivity contribution in [3.63, 3.8) is 0 Å². The van der Waals surface area contributed by atoms with E-state index >= 15 is 0 Å². The molecule has 0 aromatic rings. The molecule has 9 rings (SSSR count). The smallest absolute Gasteiger partial charge is 0.247 e. The Labute approximate surface area is 197 Å². The van der Waals surface area contributed by atoms with Crippen molar-refractivity contribution in [1.82, 2.24) is 10.4 Å². The highest BCUT2D eigenvalue weighted by atomic mass is 32.2. The molecule has 7 heteroatoms. The molecule has 8 aliphatic carbocycles. The predicted molar refractivity (Wildman–Crippen MR) is 123 cm³/mol. The number of carbonyl (C=O) groups excluding carboxylic acids is 2. The van der Waals surface area contributed by atoms with Gasteiger partial charge in [-0.2, -0.15) is 0 Å². The molecule has 9 fully saturated rings. The highest BCUT2D eigenvalue weighted by Crippen LogP contribution is 2.62. The molecule has 1 saturated heterocycles. The van der Waals surface area contributed by atoms with Crippen molar-refractivity contribution in [2.45, 2.75) is 89.5 Å². The van der Waals surface area contributed by atoms with Crippen molar-refractivity contribution in [3.8, 4) is 0 Å². The maximum absolute atomic E-state index is 14.3. The Morgan fingerprint density at radius 2 is 1.12 bits per heavy atom. The Hall–Kier alpha value is -1.11. The molecule has 1 N–H and O–H groups in total. The SMILES string of the molecule is O=C(NN(C(=O)C12CC3CC(CC(C3)C1)C2)[C@@H]1CCS(=O)(=O)C1)C12CC3CC(CC(C3)C1)C2. The van der Waals surface area contributed by atoms with Crippen LogP contribution in [0.15, 0.2) is 0 Å². The Morgan fingerprint density at radius 3 is 1.52 bits per heavy atom.